The van der Waals surface area contributed by atoms with Crippen LogP contribution in [0, 0.1) is 0 Å². The molecular weight excluding hydrogens is 230 g/mol. The Labute approximate surface area is 115 Å². The first-order chi connectivity index (χ1) is 9.35. The summed E-state index contributed by atoms with van der Waals surface area (Å²) in [6, 6.07) is 21.6. The van der Waals surface area contributed by atoms with Crippen LogP contribution in [-0.4, -0.2) is 12.3 Å². The van der Waals surface area contributed by atoms with E-state index in [1.54, 1.807) is 0 Å². The van der Waals surface area contributed by atoms with Crippen molar-refractivity contribution < 1.29 is 0 Å². The molecule has 2 aromatic rings. The maximum atomic E-state index is 4.78. The van der Waals surface area contributed by atoms with Crippen molar-refractivity contribution in [1.29, 1.82) is 0 Å². The molecular formula is C18H19N. The summed E-state index contributed by atoms with van der Waals surface area (Å²) < 4.78 is 0. The third-order valence-electron chi connectivity index (χ3n) is 4.14. The summed E-state index contributed by atoms with van der Waals surface area (Å²) in [5.74, 6) is 0. The van der Waals surface area contributed by atoms with Crippen molar-refractivity contribution in [3.63, 3.8) is 0 Å². The molecule has 0 atom stereocenters. The summed E-state index contributed by atoms with van der Waals surface area (Å²) in [5.41, 5.74) is 4.16. The van der Waals surface area contributed by atoms with E-state index in [-0.39, 0.29) is 5.41 Å². The Morgan fingerprint density at radius 2 is 1.42 bits per heavy atom. The van der Waals surface area contributed by atoms with Gasteiger partial charge in [-0.2, -0.15) is 0 Å². The van der Waals surface area contributed by atoms with E-state index in [9.17, 15) is 0 Å². The Balaban J connectivity index is 2.08. The number of nitrogens with zero attached hydrogens (tertiary/aromatic N) is 1. The first-order valence-electron chi connectivity index (χ1n) is 6.98. The van der Waals surface area contributed by atoms with Gasteiger partial charge in [0.25, 0.3) is 0 Å². The van der Waals surface area contributed by atoms with Gasteiger partial charge in [-0.05, 0) is 17.5 Å². The molecule has 0 fully saturated rings. The number of hydrogen-bond acceptors (Lipinski definition) is 1. The van der Waals surface area contributed by atoms with Crippen molar-refractivity contribution in [3.8, 4) is 0 Å². The lowest BCUT2D eigenvalue weighted by molar-refractivity contribution is 0.580. The molecule has 3 rings (SSSR count). The number of hydrogen-bond donors (Lipinski definition) is 0. The van der Waals surface area contributed by atoms with Gasteiger partial charge in [0.2, 0.25) is 0 Å². The van der Waals surface area contributed by atoms with E-state index in [0.29, 0.717) is 0 Å². The fourth-order valence-electron chi connectivity index (χ4n) is 3.01. The molecule has 96 valence electrons. The Hall–Kier alpha value is -1.89. The first kappa shape index (κ1) is 12.2. The lowest BCUT2D eigenvalue weighted by Gasteiger charge is -2.29. The summed E-state index contributed by atoms with van der Waals surface area (Å²) in [5, 5.41) is 0. The van der Waals surface area contributed by atoms with Gasteiger partial charge in [-0.25, -0.2) is 0 Å². The lowest BCUT2D eigenvalue weighted by Crippen LogP contribution is -2.29. The third-order valence-corrected chi connectivity index (χ3v) is 4.14. The van der Waals surface area contributed by atoms with Crippen LogP contribution in [-0.2, 0) is 5.41 Å². The minimum atomic E-state index is 0.0495. The Kier molecular flexibility index (Phi) is 3.20. The molecule has 1 aliphatic heterocycles. The predicted molar refractivity (Wildman–Crippen MR) is 80.9 cm³/mol. The highest BCUT2D eigenvalue weighted by atomic mass is 14.8. The van der Waals surface area contributed by atoms with E-state index in [0.717, 1.165) is 19.4 Å². The highest BCUT2D eigenvalue weighted by Crippen LogP contribution is 2.40. The van der Waals surface area contributed by atoms with E-state index < -0.39 is 0 Å². The number of aliphatic imine (C=N–C) groups is 1. The number of rotatable bonds is 3. The van der Waals surface area contributed by atoms with Crippen LogP contribution in [0.25, 0.3) is 0 Å². The van der Waals surface area contributed by atoms with Crippen molar-refractivity contribution in [2.75, 3.05) is 6.54 Å². The molecule has 1 nitrogen and oxygen atoms in total. The molecule has 0 radical (unpaired) electrons. The number of benzene rings is 2. The summed E-state index contributed by atoms with van der Waals surface area (Å²) in [6.45, 7) is 3.08. The van der Waals surface area contributed by atoms with Gasteiger partial charge in [0.15, 0.2) is 0 Å². The Bertz CT molecular complexity index is 530. The predicted octanol–water partition coefficient (Wildman–Crippen LogP) is 4.23. The minimum Gasteiger partial charge on any atom is -0.293 e. The van der Waals surface area contributed by atoms with Crippen molar-refractivity contribution in [2.45, 2.75) is 25.2 Å². The fraction of sp³-hybridized carbons (Fsp3) is 0.278. The van der Waals surface area contributed by atoms with E-state index >= 15 is 0 Å². The topological polar surface area (TPSA) is 12.4 Å². The van der Waals surface area contributed by atoms with Gasteiger partial charge in [0.1, 0.15) is 0 Å². The van der Waals surface area contributed by atoms with Crippen LogP contribution in [0.1, 0.15) is 30.9 Å². The van der Waals surface area contributed by atoms with Crippen LogP contribution in [0.2, 0.25) is 0 Å². The second-order valence-corrected chi connectivity index (χ2v) is 5.23. The van der Waals surface area contributed by atoms with E-state index in [4.69, 9.17) is 4.99 Å². The Morgan fingerprint density at radius 3 is 1.84 bits per heavy atom. The van der Waals surface area contributed by atoms with E-state index in [2.05, 4.69) is 67.6 Å². The molecule has 0 aromatic heterocycles. The molecule has 0 saturated heterocycles. The summed E-state index contributed by atoms with van der Waals surface area (Å²) in [4.78, 5) is 4.78. The molecule has 1 heteroatoms. The second-order valence-electron chi connectivity index (χ2n) is 5.23. The van der Waals surface area contributed by atoms with Gasteiger partial charge in [0.05, 0.1) is 6.54 Å². The highest BCUT2D eigenvalue weighted by molar-refractivity contribution is 5.88. The maximum Gasteiger partial charge on any atom is 0.0530 e. The van der Waals surface area contributed by atoms with E-state index in [1.807, 2.05) is 0 Å². The normalized spacial score (nSPS) is 17.2. The van der Waals surface area contributed by atoms with Gasteiger partial charge in [-0.3, -0.25) is 4.99 Å². The lowest BCUT2D eigenvalue weighted by atomic mass is 9.72. The van der Waals surface area contributed by atoms with Gasteiger partial charge in [-0.1, -0.05) is 67.6 Å². The van der Waals surface area contributed by atoms with Crippen LogP contribution >= 0.6 is 0 Å². The first-order valence-corrected chi connectivity index (χ1v) is 6.98. The monoisotopic (exact) mass is 249 g/mol. The summed E-state index contributed by atoms with van der Waals surface area (Å²) >= 11 is 0. The minimum absolute atomic E-state index is 0.0495. The molecule has 2 aromatic carbocycles. The largest absolute Gasteiger partial charge is 0.293 e. The molecule has 0 saturated carbocycles. The van der Waals surface area contributed by atoms with Crippen LogP contribution < -0.4 is 0 Å². The van der Waals surface area contributed by atoms with Gasteiger partial charge in [-0.15, -0.1) is 0 Å². The zero-order valence-electron chi connectivity index (χ0n) is 11.3. The van der Waals surface area contributed by atoms with Crippen molar-refractivity contribution in [1.82, 2.24) is 0 Å². The molecule has 1 heterocycles. The molecule has 0 N–H and O–H groups in total. The quantitative estimate of drug-likeness (QED) is 0.772. The average Bonchev–Trinajstić information content (AvgIpc) is 2.95. The zero-order chi connectivity index (χ0) is 13.1. The summed E-state index contributed by atoms with van der Waals surface area (Å²) in [6.07, 6.45) is 2.11. The molecule has 0 unspecified atom stereocenters. The standard InChI is InChI=1S/C18H19N/c1-2-17-13-18(14-19-17,15-9-5-3-6-10-15)16-11-7-4-8-12-16/h3-12H,2,13-14H2,1H3. The van der Waals surface area contributed by atoms with Crippen molar-refractivity contribution >= 4 is 5.71 Å². The van der Waals surface area contributed by atoms with Crippen LogP contribution in [0.4, 0.5) is 0 Å². The van der Waals surface area contributed by atoms with Gasteiger partial charge < -0.3 is 0 Å². The van der Waals surface area contributed by atoms with Crippen LogP contribution in [0.3, 0.4) is 0 Å². The average molecular weight is 249 g/mol. The fourth-order valence-corrected chi connectivity index (χ4v) is 3.01. The van der Waals surface area contributed by atoms with Gasteiger partial charge >= 0.3 is 0 Å². The van der Waals surface area contributed by atoms with Crippen LogP contribution in [0.5, 0.6) is 0 Å². The van der Waals surface area contributed by atoms with E-state index in [1.165, 1.54) is 16.8 Å². The molecule has 0 spiro atoms. The maximum absolute atomic E-state index is 4.78. The van der Waals surface area contributed by atoms with Gasteiger partial charge in [0, 0.05) is 17.5 Å². The van der Waals surface area contributed by atoms with Crippen molar-refractivity contribution in [3.05, 3.63) is 71.8 Å². The Morgan fingerprint density at radius 1 is 0.895 bits per heavy atom. The molecule has 0 bridgehead atoms. The second kappa shape index (κ2) is 5.00. The third kappa shape index (κ3) is 2.10. The highest BCUT2D eigenvalue weighted by Gasteiger charge is 2.38. The summed E-state index contributed by atoms with van der Waals surface area (Å²) in [7, 11) is 0. The molecule has 0 amide bonds. The van der Waals surface area contributed by atoms with Crippen molar-refractivity contribution in [2.24, 2.45) is 4.99 Å². The molecule has 0 aliphatic carbocycles. The zero-order valence-corrected chi connectivity index (χ0v) is 11.3. The SMILES string of the molecule is CCC1=NCC(c2ccccc2)(c2ccccc2)C1. The van der Waals surface area contributed by atoms with Crippen LogP contribution in [0.15, 0.2) is 65.7 Å². The smallest absolute Gasteiger partial charge is 0.0530 e. The molecule has 1 aliphatic rings. The molecule has 19 heavy (non-hydrogen) atoms.